The lowest BCUT2D eigenvalue weighted by atomic mass is 9.73. The highest BCUT2D eigenvalue weighted by Crippen LogP contribution is 2.45. The van der Waals surface area contributed by atoms with Crippen LogP contribution in [-0.2, 0) is 11.4 Å². The molecule has 0 amide bonds. The van der Waals surface area contributed by atoms with E-state index in [2.05, 4.69) is 29.2 Å². The van der Waals surface area contributed by atoms with E-state index < -0.39 is 0 Å². The summed E-state index contributed by atoms with van der Waals surface area (Å²) < 4.78 is 7.70. The number of anilines is 1. The van der Waals surface area contributed by atoms with Crippen molar-refractivity contribution in [2.45, 2.75) is 39.3 Å². The fourth-order valence-electron chi connectivity index (χ4n) is 4.38. The molecule has 0 fully saturated rings. The Labute approximate surface area is 185 Å². The Balaban J connectivity index is 1.44. The van der Waals surface area contributed by atoms with Crippen LogP contribution in [0.4, 0.5) is 5.95 Å². The summed E-state index contributed by atoms with van der Waals surface area (Å²) in [5.74, 6) is 1.55. The van der Waals surface area contributed by atoms with Crippen LogP contribution < -0.4 is 10.1 Å². The minimum absolute atomic E-state index is 0.0773. The number of benzene rings is 2. The molecule has 0 spiro atoms. The number of aromatic nitrogens is 3. The van der Waals surface area contributed by atoms with Crippen LogP contribution in [0.15, 0.2) is 66.1 Å². The third kappa shape index (κ3) is 3.72. The molecule has 0 saturated heterocycles. The molecule has 1 atom stereocenters. The summed E-state index contributed by atoms with van der Waals surface area (Å²) in [6.07, 6.45) is 2.84. The Morgan fingerprint density at radius 2 is 1.94 bits per heavy atom. The minimum atomic E-state index is -0.296. The van der Waals surface area contributed by atoms with Gasteiger partial charge in [0.2, 0.25) is 5.95 Å². The molecule has 0 bridgehead atoms. The minimum Gasteiger partial charge on any atom is -0.489 e. The average molecular weight is 435 g/mol. The number of rotatable bonds is 4. The Bertz CT molecular complexity index is 1180. The first-order valence-corrected chi connectivity index (χ1v) is 10.7. The van der Waals surface area contributed by atoms with Gasteiger partial charge in [0.05, 0.1) is 0 Å². The van der Waals surface area contributed by atoms with E-state index in [1.54, 1.807) is 4.68 Å². The van der Waals surface area contributed by atoms with Gasteiger partial charge in [-0.3, -0.25) is 4.79 Å². The zero-order valence-corrected chi connectivity index (χ0v) is 18.2. The van der Waals surface area contributed by atoms with E-state index in [1.165, 1.54) is 6.33 Å². The van der Waals surface area contributed by atoms with Gasteiger partial charge in [0, 0.05) is 28.3 Å². The largest absolute Gasteiger partial charge is 0.489 e. The van der Waals surface area contributed by atoms with E-state index in [-0.39, 0.29) is 17.2 Å². The van der Waals surface area contributed by atoms with Gasteiger partial charge in [-0.2, -0.15) is 10.1 Å². The van der Waals surface area contributed by atoms with E-state index >= 15 is 0 Å². The third-order valence-electron chi connectivity index (χ3n) is 5.82. The molecule has 31 heavy (non-hydrogen) atoms. The Morgan fingerprint density at radius 3 is 2.71 bits per heavy atom. The normalized spacial score (nSPS) is 19.5. The topological polar surface area (TPSA) is 69.0 Å². The van der Waals surface area contributed by atoms with Crippen LogP contribution in [0.25, 0.3) is 0 Å². The fourth-order valence-corrected chi connectivity index (χ4v) is 4.57. The van der Waals surface area contributed by atoms with Crippen molar-refractivity contribution in [1.82, 2.24) is 14.8 Å². The van der Waals surface area contributed by atoms with Crippen molar-refractivity contribution in [1.29, 1.82) is 0 Å². The number of ketones is 1. The number of ether oxygens (including phenoxy) is 1. The van der Waals surface area contributed by atoms with Crippen molar-refractivity contribution in [2.75, 3.05) is 5.32 Å². The number of nitrogens with zero attached hydrogens (tertiary/aromatic N) is 3. The molecule has 158 valence electrons. The second-order valence-corrected chi connectivity index (χ2v) is 9.25. The van der Waals surface area contributed by atoms with E-state index in [0.717, 1.165) is 34.6 Å². The van der Waals surface area contributed by atoms with Crippen LogP contribution in [0.5, 0.6) is 5.75 Å². The monoisotopic (exact) mass is 434 g/mol. The summed E-state index contributed by atoms with van der Waals surface area (Å²) in [6.45, 7) is 4.63. The van der Waals surface area contributed by atoms with E-state index in [0.29, 0.717) is 24.0 Å². The molecule has 0 radical (unpaired) electrons. The molecule has 1 N–H and O–H groups in total. The smallest absolute Gasteiger partial charge is 0.226 e. The van der Waals surface area contributed by atoms with E-state index in [9.17, 15) is 4.79 Å². The molecular weight excluding hydrogens is 412 g/mol. The molecule has 2 heterocycles. The summed E-state index contributed by atoms with van der Waals surface area (Å²) in [5.41, 5.74) is 3.56. The van der Waals surface area contributed by atoms with Gasteiger partial charge in [-0.15, -0.1) is 0 Å². The van der Waals surface area contributed by atoms with Gasteiger partial charge in [-0.1, -0.05) is 55.8 Å². The molecule has 0 saturated carbocycles. The van der Waals surface area contributed by atoms with Gasteiger partial charge in [0.25, 0.3) is 0 Å². The summed E-state index contributed by atoms with van der Waals surface area (Å²) in [4.78, 5) is 17.5. The third-order valence-corrected chi connectivity index (χ3v) is 6.19. The van der Waals surface area contributed by atoms with Crippen molar-refractivity contribution in [3.63, 3.8) is 0 Å². The van der Waals surface area contributed by atoms with Crippen LogP contribution >= 0.6 is 11.6 Å². The van der Waals surface area contributed by atoms with E-state index in [4.69, 9.17) is 16.3 Å². The number of nitrogens with one attached hydrogen (secondary N) is 1. The van der Waals surface area contributed by atoms with Gasteiger partial charge in [-0.05, 0) is 35.6 Å². The highest BCUT2D eigenvalue weighted by atomic mass is 35.5. The number of Topliss-reactive ketones (excluding diaryl/α,β-unsaturated/α-hetero) is 1. The zero-order valence-electron chi connectivity index (χ0n) is 17.4. The maximum Gasteiger partial charge on any atom is 0.226 e. The number of carbonyl (C=O) groups excluding carboxylic acids is 1. The lowest BCUT2D eigenvalue weighted by molar-refractivity contribution is -0.118. The van der Waals surface area contributed by atoms with Crippen molar-refractivity contribution in [3.05, 3.63) is 82.3 Å². The van der Waals surface area contributed by atoms with Crippen LogP contribution in [0.3, 0.4) is 0 Å². The molecule has 1 aliphatic carbocycles. The number of carbonyl (C=O) groups is 1. The van der Waals surface area contributed by atoms with Crippen LogP contribution in [0, 0.1) is 5.41 Å². The Morgan fingerprint density at radius 1 is 1.16 bits per heavy atom. The quantitative estimate of drug-likeness (QED) is 0.613. The van der Waals surface area contributed by atoms with Crippen molar-refractivity contribution >= 4 is 23.3 Å². The molecule has 5 rings (SSSR count). The molecule has 1 unspecified atom stereocenters. The number of hydrogen-bond donors (Lipinski definition) is 1. The van der Waals surface area contributed by atoms with Gasteiger partial charge >= 0.3 is 0 Å². The van der Waals surface area contributed by atoms with Crippen LogP contribution in [0.2, 0.25) is 5.02 Å². The van der Waals surface area contributed by atoms with E-state index in [1.807, 2.05) is 48.5 Å². The highest BCUT2D eigenvalue weighted by molar-refractivity contribution is 6.31. The standard InChI is InChI=1S/C24H23ClN4O2/c1-24(2)11-19-21(20(30)12-24)22(29-23(28-19)26-14-27-29)15-7-9-17(10-8-15)31-13-16-5-3-4-6-18(16)25/h3-10,14,22H,11-13H2,1-2H3,(H,26,27,28). The summed E-state index contributed by atoms with van der Waals surface area (Å²) in [6, 6.07) is 15.1. The van der Waals surface area contributed by atoms with Crippen molar-refractivity contribution in [3.8, 4) is 5.75 Å². The fraction of sp³-hybridized carbons (Fsp3) is 0.292. The molecule has 1 aliphatic heterocycles. The van der Waals surface area contributed by atoms with Crippen molar-refractivity contribution < 1.29 is 9.53 Å². The number of fused-ring (bicyclic) bond motifs is 1. The first-order chi connectivity index (χ1) is 14.9. The molecule has 6 nitrogen and oxygen atoms in total. The molecule has 7 heteroatoms. The lowest BCUT2D eigenvalue weighted by Crippen LogP contribution is -2.36. The second-order valence-electron chi connectivity index (χ2n) is 8.84. The zero-order chi connectivity index (χ0) is 21.6. The Hall–Kier alpha value is -3.12. The van der Waals surface area contributed by atoms with Gasteiger partial charge in [0.15, 0.2) is 5.78 Å². The first kappa shape index (κ1) is 19.8. The van der Waals surface area contributed by atoms with Gasteiger partial charge in [-0.25, -0.2) is 4.68 Å². The van der Waals surface area contributed by atoms with Gasteiger partial charge in [0.1, 0.15) is 24.7 Å². The molecule has 2 aromatic carbocycles. The summed E-state index contributed by atoms with van der Waals surface area (Å²) >= 11 is 6.21. The SMILES string of the molecule is CC1(C)CC(=O)C2=C(C1)Nc1ncnn1C2c1ccc(OCc2ccccc2Cl)cc1. The molecular formula is C24H23ClN4O2. The number of hydrogen-bond acceptors (Lipinski definition) is 5. The number of allylic oxidation sites excluding steroid dienone is 2. The predicted octanol–water partition coefficient (Wildman–Crippen LogP) is 5.17. The summed E-state index contributed by atoms with van der Waals surface area (Å²) in [7, 11) is 0. The Kier molecular flexibility index (Phi) is 4.82. The van der Waals surface area contributed by atoms with Gasteiger partial charge < -0.3 is 10.1 Å². The molecule has 3 aromatic rings. The summed E-state index contributed by atoms with van der Waals surface area (Å²) in [5, 5.41) is 8.41. The highest BCUT2D eigenvalue weighted by Gasteiger charge is 2.41. The predicted molar refractivity (Wildman–Crippen MR) is 119 cm³/mol. The molecule has 2 aliphatic rings. The van der Waals surface area contributed by atoms with Crippen molar-refractivity contribution in [2.24, 2.45) is 5.41 Å². The maximum atomic E-state index is 13.1. The van der Waals surface area contributed by atoms with Crippen LogP contribution in [-0.4, -0.2) is 20.5 Å². The second kappa shape index (κ2) is 7.54. The lowest BCUT2D eigenvalue weighted by Gasteiger charge is -2.38. The first-order valence-electron chi connectivity index (χ1n) is 10.3. The maximum absolute atomic E-state index is 13.1. The van der Waals surface area contributed by atoms with Crippen LogP contribution in [0.1, 0.15) is 43.9 Å². The average Bonchev–Trinajstić information content (AvgIpc) is 3.19. The number of halogens is 1. The molecule has 1 aromatic heterocycles.